The lowest BCUT2D eigenvalue weighted by atomic mass is 9.91. The largest absolute Gasteiger partial charge is 0.417 e. The number of aromatic nitrogens is 1. The predicted molar refractivity (Wildman–Crippen MR) is 149 cm³/mol. The second kappa shape index (κ2) is 10.7. The molecular weight excluding hydrogens is 654 g/mol. The molecule has 4 aromatic carbocycles. The Balaban J connectivity index is 1.39. The molecule has 242 valence electrons. The van der Waals surface area contributed by atoms with Crippen LogP contribution in [0.15, 0.2) is 90.1 Å². The molecule has 3 nitrogen and oxygen atoms in total. The van der Waals surface area contributed by atoms with E-state index in [4.69, 9.17) is 0 Å². The van der Waals surface area contributed by atoms with E-state index in [0.29, 0.717) is 34.8 Å². The second-order valence-electron chi connectivity index (χ2n) is 10.4. The standard InChI is InChI=1S/C32H15F12N3/c33-29(34,35)16-5-7-18(23(12-16)31(39,40)41)15-4-11-26(45-14-15)47-28-22-3-1-2-21-19(9-10-25(46-28)27(21)22)20-8-6-17(30(36,37)38)13-24(20)32(42,43)44/h1-14H,(H,45,46,47). The molecule has 0 fully saturated rings. The number of hydrogen-bond donors (Lipinski definition) is 1. The van der Waals surface area contributed by atoms with E-state index in [9.17, 15) is 52.7 Å². The van der Waals surface area contributed by atoms with Crippen LogP contribution in [0.2, 0.25) is 0 Å². The fourth-order valence-electron chi connectivity index (χ4n) is 5.35. The number of nitrogens with one attached hydrogen (secondary N) is 1. The lowest BCUT2D eigenvalue weighted by Gasteiger charge is -2.17. The Hall–Kier alpha value is -5.08. The van der Waals surface area contributed by atoms with Crippen LogP contribution < -0.4 is 5.32 Å². The zero-order valence-corrected chi connectivity index (χ0v) is 23.0. The average molecular weight is 669 g/mol. The van der Waals surface area contributed by atoms with Crippen molar-refractivity contribution in [1.82, 2.24) is 4.98 Å². The summed E-state index contributed by atoms with van der Waals surface area (Å²) in [6.07, 6.45) is -19.2. The lowest BCUT2D eigenvalue weighted by Crippen LogP contribution is -2.12. The van der Waals surface area contributed by atoms with E-state index in [1.165, 1.54) is 36.4 Å². The minimum atomic E-state index is -5.11. The van der Waals surface area contributed by atoms with Gasteiger partial charge in [0.05, 0.1) is 22.3 Å². The summed E-state index contributed by atoms with van der Waals surface area (Å²) < 4.78 is 162. The Morgan fingerprint density at radius 2 is 1.11 bits per heavy atom. The highest BCUT2D eigenvalue weighted by Crippen LogP contribution is 2.46. The minimum Gasteiger partial charge on any atom is -0.339 e. The maximum Gasteiger partial charge on any atom is 0.417 e. The number of anilines is 1. The van der Waals surface area contributed by atoms with Crippen molar-refractivity contribution < 1.29 is 52.7 Å². The van der Waals surface area contributed by atoms with Crippen LogP contribution in [-0.4, -0.2) is 10.8 Å². The SMILES string of the molecule is FC(F)(F)c1ccc(-c2ccc(N=C3Nc4ccc(-c5ccc(C(F)(F)F)cc5C(F)(F)F)c5cccc3c45)nc2)c(C(F)(F)F)c1. The normalized spacial score (nSPS) is 14.6. The molecule has 0 amide bonds. The number of amidine groups is 1. The summed E-state index contributed by atoms with van der Waals surface area (Å²) in [6, 6.07) is 12.4. The number of aliphatic imine (C=N–C) groups is 1. The van der Waals surface area contributed by atoms with Crippen LogP contribution in [-0.2, 0) is 24.7 Å². The molecule has 6 rings (SSSR count). The Bertz CT molecular complexity index is 2050. The van der Waals surface area contributed by atoms with E-state index in [2.05, 4.69) is 15.3 Å². The lowest BCUT2D eigenvalue weighted by molar-refractivity contribution is -0.144. The highest BCUT2D eigenvalue weighted by molar-refractivity contribution is 6.28. The van der Waals surface area contributed by atoms with E-state index >= 15 is 0 Å². The van der Waals surface area contributed by atoms with Gasteiger partial charge in [0.1, 0.15) is 5.84 Å². The zero-order valence-electron chi connectivity index (χ0n) is 23.0. The van der Waals surface area contributed by atoms with Crippen molar-refractivity contribution in [3.05, 3.63) is 113 Å². The monoisotopic (exact) mass is 669 g/mol. The number of hydrogen-bond acceptors (Lipinski definition) is 2. The van der Waals surface area contributed by atoms with E-state index in [-0.39, 0.29) is 40.3 Å². The van der Waals surface area contributed by atoms with E-state index in [1.54, 1.807) is 6.07 Å². The van der Waals surface area contributed by atoms with Gasteiger partial charge in [-0.3, -0.25) is 0 Å². The summed E-state index contributed by atoms with van der Waals surface area (Å²) in [5.74, 6) is 0.140. The molecule has 0 radical (unpaired) electrons. The van der Waals surface area contributed by atoms with Crippen molar-refractivity contribution in [3.63, 3.8) is 0 Å². The summed E-state index contributed by atoms with van der Waals surface area (Å²) in [5.41, 5.74) is -6.24. The van der Waals surface area contributed by atoms with Gasteiger partial charge in [-0.15, -0.1) is 0 Å². The Morgan fingerprint density at radius 1 is 0.532 bits per heavy atom. The van der Waals surface area contributed by atoms with Crippen LogP contribution in [0.4, 0.5) is 64.2 Å². The molecule has 0 saturated carbocycles. The topological polar surface area (TPSA) is 37.3 Å². The minimum absolute atomic E-state index is 0.00851. The Labute approximate surface area is 256 Å². The van der Waals surface area contributed by atoms with Gasteiger partial charge < -0.3 is 5.32 Å². The van der Waals surface area contributed by atoms with Crippen LogP contribution in [0, 0.1) is 0 Å². The van der Waals surface area contributed by atoms with Crippen LogP contribution in [0.5, 0.6) is 0 Å². The number of pyridine rings is 1. The first-order valence-corrected chi connectivity index (χ1v) is 13.3. The number of nitrogens with zero attached hydrogens (tertiary/aromatic N) is 2. The number of benzene rings is 4. The Kier molecular flexibility index (Phi) is 7.29. The van der Waals surface area contributed by atoms with Crippen molar-refractivity contribution in [2.24, 2.45) is 4.99 Å². The maximum atomic E-state index is 14.0. The molecule has 47 heavy (non-hydrogen) atoms. The van der Waals surface area contributed by atoms with Gasteiger partial charge in [-0.05, 0) is 64.5 Å². The quantitative estimate of drug-likeness (QED) is 0.194. The van der Waals surface area contributed by atoms with Crippen LogP contribution >= 0.6 is 0 Å². The molecule has 1 N–H and O–H groups in total. The van der Waals surface area contributed by atoms with Crippen molar-refractivity contribution in [2.75, 3.05) is 5.32 Å². The fourth-order valence-corrected chi connectivity index (χ4v) is 5.35. The molecule has 2 heterocycles. The van der Waals surface area contributed by atoms with Gasteiger partial charge >= 0.3 is 24.7 Å². The predicted octanol–water partition coefficient (Wildman–Crippen LogP) is 11.1. The molecule has 1 aliphatic rings. The molecule has 1 aromatic heterocycles. The smallest absolute Gasteiger partial charge is 0.339 e. The first kappa shape index (κ1) is 31.9. The maximum absolute atomic E-state index is 14.0. The molecule has 1 aliphatic heterocycles. The van der Waals surface area contributed by atoms with Gasteiger partial charge in [0.15, 0.2) is 5.82 Å². The van der Waals surface area contributed by atoms with Crippen LogP contribution in [0.25, 0.3) is 33.0 Å². The summed E-state index contributed by atoms with van der Waals surface area (Å²) in [5, 5.41) is 3.67. The van der Waals surface area contributed by atoms with Gasteiger partial charge in [-0.1, -0.05) is 36.4 Å². The highest BCUT2D eigenvalue weighted by Gasteiger charge is 2.40. The summed E-state index contributed by atoms with van der Waals surface area (Å²) in [6.45, 7) is 0. The second-order valence-corrected chi connectivity index (χ2v) is 10.4. The molecule has 0 unspecified atom stereocenters. The van der Waals surface area contributed by atoms with Crippen LogP contribution in [0.1, 0.15) is 27.8 Å². The molecule has 0 bridgehead atoms. The third-order valence-electron chi connectivity index (χ3n) is 7.43. The highest BCUT2D eigenvalue weighted by atomic mass is 19.4. The van der Waals surface area contributed by atoms with Gasteiger partial charge in [-0.2, -0.15) is 52.7 Å². The Morgan fingerprint density at radius 3 is 1.66 bits per heavy atom. The van der Waals surface area contributed by atoms with Crippen molar-refractivity contribution in [3.8, 4) is 22.3 Å². The number of alkyl halides is 12. The molecule has 15 heteroatoms. The molecule has 0 atom stereocenters. The molecule has 0 spiro atoms. The van der Waals surface area contributed by atoms with Gasteiger partial charge in [-0.25, -0.2) is 9.98 Å². The van der Waals surface area contributed by atoms with Gasteiger partial charge in [0.2, 0.25) is 0 Å². The van der Waals surface area contributed by atoms with E-state index in [1.807, 2.05) is 0 Å². The average Bonchev–Trinajstić information content (AvgIpc) is 3.34. The first-order valence-electron chi connectivity index (χ1n) is 13.3. The number of halogens is 12. The van der Waals surface area contributed by atoms with E-state index < -0.39 is 58.1 Å². The third-order valence-corrected chi connectivity index (χ3v) is 7.43. The fraction of sp³-hybridized carbons (Fsp3) is 0.125. The molecule has 0 saturated heterocycles. The number of rotatable bonds is 3. The first-order chi connectivity index (χ1) is 21.8. The molecule has 5 aromatic rings. The molecule has 0 aliphatic carbocycles. The summed E-state index contributed by atoms with van der Waals surface area (Å²) >= 11 is 0. The van der Waals surface area contributed by atoms with Gasteiger partial charge in [0.25, 0.3) is 0 Å². The van der Waals surface area contributed by atoms with Crippen molar-refractivity contribution >= 4 is 28.1 Å². The zero-order chi connectivity index (χ0) is 34.1. The summed E-state index contributed by atoms with van der Waals surface area (Å²) in [7, 11) is 0. The third kappa shape index (κ3) is 5.97. The summed E-state index contributed by atoms with van der Waals surface area (Å²) in [4.78, 5) is 8.40. The van der Waals surface area contributed by atoms with Crippen molar-refractivity contribution in [1.29, 1.82) is 0 Å². The van der Waals surface area contributed by atoms with Crippen LogP contribution in [0.3, 0.4) is 0 Å². The molecular formula is C32H15F12N3. The van der Waals surface area contributed by atoms with Crippen molar-refractivity contribution in [2.45, 2.75) is 24.7 Å². The van der Waals surface area contributed by atoms with Gasteiger partial charge in [0, 0.05) is 28.4 Å². The van der Waals surface area contributed by atoms with E-state index in [0.717, 1.165) is 12.3 Å².